The van der Waals surface area contributed by atoms with Crippen LogP contribution in [0.15, 0.2) is 24.3 Å². The van der Waals surface area contributed by atoms with Gasteiger partial charge in [-0.25, -0.2) is 0 Å². The second-order valence-corrected chi connectivity index (χ2v) is 16.7. The largest absolute Gasteiger partial charge is 0.462 e. The van der Waals surface area contributed by atoms with Crippen LogP contribution in [0.1, 0.15) is 265 Å². The van der Waals surface area contributed by atoms with Crippen molar-refractivity contribution in [3.05, 3.63) is 24.3 Å². The Balaban J connectivity index is 4.36. The maximum absolute atomic E-state index is 12.8. The third kappa shape index (κ3) is 44.8. The fraction of sp³-hybridized carbons (Fsp3) is 0.863. The smallest absolute Gasteiger partial charge is 0.306 e. The van der Waals surface area contributed by atoms with Crippen LogP contribution in [-0.2, 0) is 28.6 Å². The Morgan fingerprint density at radius 1 is 0.351 bits per heavy atom. The monoisotopic (exact) mass is 803 g/mol. The van der Waals surface area contributed by atoms with Crippen molar-refractivity contribution in [2.45, 2.75) is 271 Å². The Bertz CT molecular complexity index is 927. The van der Waals surface area contributed by atoms with Gasteiger partial charge in [-0.2, -0.15) is 0 Å². The van der Waals surface area contributed by atoms with E-state index in [0.29, 0.717) is 19.3 Å². The van der Waals surface area contributed by atoms with Crippen molar-refractivity contribution in [1.29, 1.82) is 0 Å². The van der Waals surface area contributed by atoms with Crippen molar-refractivity contribution in [3.8, 4) is 0 Å². The summed E-state index contributed by atoms with van der Waals surface area (Å²) in [5, 5.41) is 0. The average Bonchev–Trinajstić information content (AvgIpc) is 3.21. The molecule has 0 saturated heterocycles. The van der Waals surface area contributed by atoms with E-state index < -0.39 is 6.10 Å². The average molecular weight is 803 g/mol. The van der Waals surface area contributed by atoms with Gasteiger partial charge in [0, 0.05) is 19.3 Å². The minimum atomic E-state index is -0.771. The summed E-state index contributed by atoms with van der Waals surface area (Å²) < 4.78 is 16.8. The van der Waals surface area contributed by atoms with Crippen LogP contribution in [0.5, 0.6) is 0 Å². The molecule has 0 amide bonds. The highest BCUT2D eigenvalue weighted by molar-refractivity contribution is 5.71. The summed E-state index contributed by atoms with van der Waals surface area (Å²) in [7, 11) is 0. The SMILES string of the molecule is CCCCC/C=C/C/C=C/CCCCCCCC(=O)OC(COC(=O)CCCCCCCCCCCCC)COC(=O)CCCCCCCCCCCCCCC. The van der Waals surface area contributed by atoms with Crippen LogP contribution in [-0.4, -0.2) is 37.2 Å². The van der Waals surface area contributed by atoms with Crippen LogP contribution in [0.2, 0.25) is 0 Å². The molecule has 0 rings (SSSR count). The zero-order valence-electron chi connectivity index (χ0n) is 38.1. The van der Waals surface area contributed by atoms with Gasteiger partial charge in [0.05, 0.1) is 0 Å². The molecule has 1 atom stereocenters. The molecule has 0 aromatic carbocycles. The van der Waals surface area contributed by atoms with E-state index in [1.807, 2.05) is 0 Å². The Morgan fingerprint density at radius 2 is 0.632 bits per heavy atom. The number of unbranched alkanes of at least 4 members (excludes halogenated alkanes) is 30. The van der Waals surface area contributed by atoms with Gasteiger partial charge in [0.1, 0.15) is 13.2 Å². The lowest BCUT2D eigenvalue weighted by molar-refractivity contribution is -0.167. The van der Waals surface area contributed by atoms with Crippen molar-refractivity contribution in [2.24, 2.45) is 0 Å². The highest BCUT2D eigenvalue weighted by atomic mass is 16.6. The van der Waals surface area contributed by atoms with Crippen molar-refractivity contribution >= 4 is 17.9 Å². The molecule has 0 aliphatic heterocycles. The summed E-state index contributed by atoms with van der Waals surface area (Å²) in [6, 6.07) is 0. The molecule has 334 valence electrons. The van der Waals surface area contributed by atoms with E-state index in [0.717, 1.165) is 77.0 Å². The first kappa shape index (κ1) is 54.9. The zero-order valence-corrected chi connectivity index (χ0v) is 38.1. The number of hydrogen-bond acceptors (Lipinski definition) is 6. The van der Waals surface area contributed by atoms with Gasteiger partial charge in [-0.1, -0.05) is 218 Å². The summed E-state index contributed by atoms with van der Waals surface area (Å²) in [6.45, 7) is 6.61. The zero-order chi connectivity index (χ0) is 41.5. The highest BCUT2D eigenvalue weighted by Crippen LogP contribution is 2.15. The van der Waals surface area contributed by atoms with Crippen LogP contribution in [0.4, 0.5) is 0 Å². The molecular weight excluding hydrogens is 709 g/mol. The van der Waals surface area contributed by atoms with Crippen molar-refractivity contribution in [1.82, 2.24) is 0 Å². The third-order valence-electron chi connectivity index (χ3n) is 11.0. The van der Waals surface area contributed by atoms with E-state index in [1.54, 1.807) is 0 Å². The Kier molecular flexibility index (Phi) is 44.9. The minimum absolute atomic E-state index is 0.0725. The van der Waals surface area contributed by atoms with E-state index >= 15 is 0 Å². The normalized spacial score (nSPS) is 12.1. The predicted molar refractivity (Wildman–Crippen MR) is 243 cm³/mol. The van der Waals surface area contributed by atoms with Crippen LogP contribution in [0.25, 0.3) is 0 Å². The highest BCUT2D eigenvalue weighted by Gasteiger charge is 2.19. The van der Waals surface area contributed by atoms with Crippen molar-refractivity contribution in [3.63, 3.8) is 0 Å². The summed E-state index contributed by atoms with van der Waals surface area (Å²) in [5.41, 5.74) is 0. The maximum Gasteiger partial charge on any atom is 0.306 e. The number of esters is 3. The number of hydrogen-bond donors (Lipinski definition) is 0. The second-order valence-electron chi connectivity index (χ2n) is 16.7. The van der Waals surface area contributed by atoms with Gasteiger partial charge in [-0.05, 0) is 51.4 Å². The molecule has 0 spiro atoms. The molecule has 6 heteroatoms. The van der Waals surface area contributed by atoms with Crippen LogP contribution < -0.4 is 0 Å². The van der Waals surface area contributed by atoms with E-state index in [1.165, 1.54) is 148 Å². The van der Waals surface area contributed by atoms with Crippen LogP contribution in [0, 0.1) is 0 Å². The number of ether oxygens (including phenoxy) is 3. The maximum atomic E-state index is 12.8. The molecule has 0 heterocycles. The van der Waals surface area contributed by atoms with Gasteiger partial charge in [-0.3, -0.25) is 14.4 Å². The minimum Gasteiger partial charge on any atom is -0.462 e. The lowest BCUT2D eigenvalue weighted by Crippen LogP contribution is -2.30. The van der Waals surface area contributed by atoms with Gasteiger partial charge in [-0.15, -0.1) is 0 Å². The summed E-state index contributed by atoms with van der Waals surface area (Å²) in [4.78, 5) is 37.8. The van der Waals surface area contributed by atoms with Gasteiger partial charge in [0.2, 0.25) is 0 Å². The van der Waals surface area contributed by atoms with E-state index in [2.05, 4.69) is 45.1 Å². The van der Waals surface area contributed by atoms with Crippen molar-refractivity contribution in [2.75, 3.05) is 13.2 Å². The van der Waals surface area contributed by atoms with Gasteiger partial charge in [0.25, 0.3) is 0 Å². The molecular formula is C51H94O6. The van der Waals surface area contributed by atoms with Gasteiger partial charge in [0.15, 0.2) is 6.10 Å². The number of carbonyl (C=O) groups excluding carboxylic acids is 3. The molecule has 0 fully saturated rings. The molecule has 0 saturated carbocycles. The molecule has 0 aliphatic rings. The molecule has 0 bridgehead atoms. The lowest BCUT2D eigenvalue weighted by Gasteiger charge is -2.18. The second kappa shape index (κ2) is 46.6. The molecule has 0 aliphatic carbocycles. The molecule has 57 heavy (non-hydrogen) atoms. The Labute approximate surface area is 353 Å². The van der Waals surface area contributed by atoms with Gasteiger partial charge >= 0.3 is 17.9 Å². The van der Waals surface area contributed by atoms with Crippen LogP contribution in [0.3, 0.4) is 0 Å². The Morgan fingerprint density at radius 3 is 1.00 bits per heavy atom. The predicted octanol–water partition coefficient (Wildman–Crippen LogP) is 16.0. The van der Waals surface area contributed by atoms with E-state index in [4.69, 9.17) is 14.2 Å². The number of rotatable bonds is 45. The standard InChI is InChI=1S/C51H94O6/c1-4-7-10-13-16-19-22-24-25-27-30-33-36-39-42-45-51(54)57-48(46-55-49(52)43-40-37-34-31-28-21-18-15-12-9-6-3)47-56-50(53)44-41-38-35-32-29-26-23-20-17-14-11-8-5-2/h16,19,24-25,48H,4-15,17-18,20-23,26-47H2,1-3H3/b19-16+,25-24+. The first-order valence-electron chi connectivity index (χ1n) is 24.8. The topological polar surface area (TPSA) is 78.9 Å². The molecule has 0 aromatic heterocycles. The fourth-order valence-corrected chi connectivity index (χ4v) is 7.18. The molecule has 0 N–H and O–H groups in total. The molecule has 0 radical (unpaired) electrons. The van der Waals surface area contributed by atoms with Gasteiger partial charge < -0.3 is 14.2 Å². The van der Waals surface area contributed by atoms with Crippen molar-refractivity contribution < 1.29 is 28.6 Å². The first-order valence-corrected chi connectivity index (χ1v) is 24.8. The van der Waals surface area contributed by atoms with E-state index in [-0.39, 0.29) is 31.1 Å². The Hall–Kier alpha value is -2.11. The number of allylic oxidation sites excluding steroid dienone is 4. The first-order chi connectivity index (χ1) is 28.0. The fourth-order valence-electron chi connectivity index (χ4n) is 7.18. The summed E-state index contributed by atoms with van der Waals surface area (Å²) in [5.74, 6) is -0.876. The number of carbonyl (C=O) groups is 3. The van der Waals surface area contributed by atoms with E-state index in [9.17, 15) is 14.4 Å². The third-order valence-corrected chi connectivity index (χ3v) is 11.0. The molecule has 0 aromatic rings. The molecule has 1 unspecified atom stereocenters. The van der Waals surface area contributed by atoms with Crippen LogP contribution >= 0.6 is 0 Å². The quantitative estimate of drug-likeness (QED) is 0.0264. The summed E-state index contributed by atoms with van der Waals surface area (Å²) >= 11 is 0. The lowest BCUT2D eigenvalue weighted by atomic mass is 10.0. The molecule has 6 nitrogen and oxygen atoms in total. The summed E-state index contributed by atoms with van der Waals surface area (Å²) in [6.07, 6.45) is 51.5.